The maximum atomic E-state index is 13.0. The molecule has 3 aromatic rings. The van der Waals surface area contributed by atoms with E-state index in [1.807, 2.05) is 35.2 Å². The van der Waals surface area contributed by atoms with Crippen molar-refractivity contribution >= 4 is 27.5 Å². The summed E-state index contributed by atoms with van der Waals surface area (Å²) in [5.74, 6) is 0.00611. The minimum atomic E-state index is 0.00611. The summed E-state index contributed by atoms with van der Waals surface area (Å²) in [4.78, 5) is 17.3. The van der Waals surface area contributed by atoms with Crippen molar-refractivity contribution in [3.63, 3.8) is 0 Å². The second-order valence-electron chi connectivity index (χ2n) is 7.31. The Hall–Kier alpha value is -2.60. The van der Waals surface area contributed by atoms with E-state index in [4.69, 9.17) is 0 Å². The lowest BCUT2D eigenvalue weighted by atomic mass is 10.1. The van der Waals surface area contributed by atoms with Crippen LogP contribution in [0, 0.1) is 6.92 Å². The van der Waals surface area contributed by atoms with E-state index in [0.717, 1.165) is 22.3 Å². The minimum Gasteiger partial charge on any atom is -0.365 e. The SMILES string of the molecule is Cc1cccc(N2CCN(C(=O)c3cc(-c4ccc(Br)cc4)n[nH]3)C[C@H]2C)c1. The van der Waals surface area contributed by atoms with Gasteiger partial charge in [-0.05, 0) is 49.7 Å². The van der Waals surface area contributed by atoms with Crippen molar-refractivity contribution in [1.82, 2.24) is 15.1 Å². The lowest BCUT2D eigenvalue weighted by Gasteiger charge is -2.41. The van der Waals surface area contributed by atoms with Gasteiger partial charge in [0.05, 0.1) is 5.69 Å². The number of hydrogen-bond donors (Lipinski definition) is 1. The van der Waals surface area contributed by atoms with Crippen LogP contribution in [0.25, 0.3) is 11.3 Å². The number of aryl methyl sites for hydroxylation is 1. The third kappa shape index (κ3) is 3.83. The van der Waals surface area contributed by atoms with Crippen molar-refractivity contribution < 1.29 is 4.79 Å². The number of piperazine rings is 1. The number of nitrogens with one attached hydrogen (secondary N) is 1. The fourth-order valence-electron chi connectivity index (χ4n) is 3.70. The van der Waals surface area contributed by atoms with Gasteiger partial charge in [0.2, 0.25) is 0 Å². The first-order valence-corrected chi connectivity index (χ1v) is 10.2. The van der Waals surface area contributed by atoms with Crippen LogP contribution < -0.4 is 4.90 Å². The molecule has 2 heterocycles. The van der Waals surface area contributed by atoms with Crippen molar-refractivity contribution in [2.45, 2.75) is 19.9 Å². The summed E-state index contributed by atoms with van der Waals surface area (Å²) in [6.07, 6.45) is 0. The Kier molecular flexibility index (Phi) is 5.22. The molecule has 1 atom stereocenters. The summed E-state index contributed by atoms with van der Waals surface area (Å²) < 4.78 is 1.02. The molecule has 28 heavy (non-hydrogen) atoms. The maximum absolute atomic E-state index is 13.0. The van der Waals surface area contributed by atoms with Gasteiger partial charge in [-0.15, -0.1) is 0 Å². The molecule has 1 aliphatic rings. The van der Waals surface area contributed by atoms with Crippen LogP contribution in [0.3, 0.4) is 0 Å². The second kappa shape index (κ2) is 7.80. The number of anilines is 1. The van der Waals surface area contributed by atoms with Gasteiger partial charge >= 0.3 is 0 Å². The zero-order valence-corrected chi connectivity index (χ0v) is 17.6. The molecule has 1 N–H and O–H groups in total. The molecular formula is C22H23BrN4O. The first-order chi connectivity index (χ1) is 13.5. The van der Waals surface area contributed by atoms with Gasteiger partial charge in [0.25, 0.3) is 5.91 Å². The van der Waals surface area contributed by atoms with Crippen molar-refractivity contribution in [3.05, 3.63) is 70.3 Å². The molecule has 0 spiro atoms. The van der Waals surface area contributed by atoms with Gasteiger partial charge < -0.3 is 9.80 Å². The Balaban J connectivity index is 1.46. The number of H-pyrrole nitrogens is 1. The van der Waals surface area contributed by atoms with Crippen molar-refractivity contribution in [2.24, 2.45) is 0 Å². The van der Waals surface area contributed by atoms with E-state index in [2.05, 4.69) is 69.1 Å². The molecule has 1 amide bonds. The molecule has 0 radical (unpaired) electrons. The Morgan fingerprint density at radius 1 is 1.14 bits per heavy atom. The monoisotopic (exact) mass is 438 g/mol. The quantitative estimate of drug-likeness (QED) is 0.654. The van der Waals surface area contributed by atoms with Gasteiger partial charge in [-0.1, -0.05) is 40.2 Å². The van der Waals surface area contributed by atoms with Crippen LogP contribution in [0.5, 0.6) is 0 Å². The van der Waals surface area contributed by atoms with Gasteiger partial charge in [0, 0.05) is 41.4 Å². The standard InChI is InChI=1S/C22H23BrN4O/c1-15-4-3-5-19(12-15)27-11-10-26(14-16(27)2)22(28)21-13-20(24-25-21)17-6-8-18(23)9-7-17/h3-9,12-13,16H,10-11,14H2,1-2H3,(H,24,25)/t16-/m1/s1. The van der Waals surface area contributed by atoms with E-state index < -0.39 is 0 Å². The first kappa shape index (κ1) is 18.7. The minimum absolute atomic E-state index is 0.00611. The Morgan fingerprint density at radius 2 is 1.93 bits per heavy atom. The number of halogens is 1. The highest BCUT2D eigenvalue weighted by molar-refractivity contribution is 9.10. The number of benzene rings is 2. The molecule has 1 aromatic heterocycles. The summed E-state index contributed by atoms with van der Waals surface area (Å²) in [5.41, 5.74) is 4.77. The zero-order chi connectivity index (χ0) is 19.7. The highest BCUT2D eigenvalue weighted by atomic mass is 79.9. The number of carbonyl (C=O) groups is 1. The number of nitrogens with zero attached hydrogens (tertiary/aromatic N) is 3. The Morgan fingerprint density at radius 3 is 2.64 bits per heavy atom. The smallest absolute Gasteiger partial charge is 0.272 e. The lowest BCUT2D eigenvalue weighted by molar-refractivity contribution is 0.0720. The van der Waals surface area contributed by atoms with Gasteiger partial charge in [-0.3, -0.25) is 9.89 Å². The predicted molar refractivity (Wildman–Crippen MR) is 116 cm³/mol. The summed E-state index contributed by atoms with van der Waals surface area (Å²) >= 11 is 3.44. The van der Waals surface area contributed by atoms with Crippen LogP contribution in [0.4, 0.5) is 5.69 Å². The molecule has 1 fully saturated rings. The Bertz CT molecular complexity index is 982. The maximum Gasteiger partial charge on any atom is 0.272 e. The molecule has 0 bridgehead atoms. The van der Waals surface area contributed by atoms with E-state index in [1.54, 1.807) is 0 Å². The average molecular weight is 439 g/mol. The van der Waals surface area contributed by atoms with Gasteiger partial charge in [0.15, 0.2) is 0 Å². The van der Waals surface area contributed by atoms with Crippen LogP contribution in [0.15, 0.2) is 59.1 Å². The van der Waals surface area contributed by atoms with Gasteiger partial charge in [-0.25, -0.2) is 0 Å². The van der Waals surface area contributed by atoms with Crippen LogP contribution in [0.2, 0.25) is 0 Å². The van der Waals surface area contributed by atoms with Crippen molar-refractivity contribution in [3.8, 4) is 11.3 Å². The van der Waals surface area contributed by atoms with E-state index in [-0.39, 0.29) is 11.9 Å². The highest BCUT2D eigenvalue weighted by Crippen LogP contribution is 2.24. The van der Waals surface area contributed by atoms with E-state index in [1.165, 1.54) is 11.3 Å². The topological polar surface area (TPSA) is 52.2 Å². The Labute approximate surface area is 173 Å². The lowest BCUT2D eigenvalue weighted by Crippen LogP contribution is -2.53. The summed E-state index contributed by atoms with van der Waals surface area (Å²) in [7, 11) is 0. The largest absolute Gasteiger partial charge is 0.365 e. The zero-order valence-electron chi connectivity index (χ0n) is 16.0. The number of aromatic amines is 1. The van der Waals surface area contributed by atoms with Gasteiger partial charge in [0.1, 0.15) is 5.69 Å². The molecule has 0 saturated carbocycles. The molecule has 5 nitrogen and oxygen atoms in total. The molecular weight excluding hydrogens is 416 g/mol. The fourth-order valence-corrected chi connectivity index (χ4v) is 3.97. The van der Waals surface area contributed by atoms with E-state index in [0.29, 0.717) is 18.8 Å². The average Bonchev–Trinajstić information content (AvgIpc) is 3.18. The van der Waals surface area contributed by atoms with Crippen LogP contribution in [-0.4, -0.2) is 46.7 Å². The third-order valence-electron chi connectivity index (χ3n) is 5.20. The molecule has 0 aliphatic carbocycles. The normalized spacial score (nSPS) is 17.0. The third-order valence-corrected chi connectivity index (χ3v) is 5.72. The molecule has 6 heteroatoms. The van der Waals surface area contributed by atoms with E-state index in [9.17, 15) is 4.79 Å². The van der Waals surface area contributed by atoms with Crippen molar-refractivity contribution in [1.29, 1.82) is 0 Å². The molecule has 1 aliphatic heterocycles. The van der Waals surface area contributed by atoms with E-state index >= 15 is 0 Å². The van der Waals surface area contributed by atoms with Crippen LogP contribution in [0.1, 0.15) is 23.0 Å². The number of amides is 1. The molecule has 1 saturated heterocycles. The molecule has 2 aromatic carbocycles. The fraction of sp³-hybridized carbons (Fsp3) is 0.273. The number of aromatic nitrogens is 2. The number of carbonyl (C=O) groups excluding carboxylic acids is 1. The first-order valence-electron chi connectivity index (χ1n) is 9.45. The highest BCUT2D eigenvalue weighted by Gasteiger charge is 2.28. The second-order valence-corrected chi connectivity index (χ2v) is 8.22. The number of hydrogen-bond acceptors (Lipinski definition) is 3. The van der Waals surface area contributed by atoms with Crippen LogP contribution >= 0.6 is 15.9 Å². The molecule has 144 valence electrons. The predicted octanol–water partition coefficient (Wildman–Crippen LogP) is 4.50. The van der Waals surface area contributed by atoms with Crippen LogP contribution in [-0.2, 0) is 0 Å². The number of rotatable bonds is 3. The van der Waals surface area contributed by atoms with Gasteiger partial charge in [-0.2, -0.15) is 5.10 Å². The molecule has 4 rings (SSSR count). The molecule has 0 unspecified atom stereocenters. The summed E-state index contributed by atoms with van der Waals surface area (Å²) in [6, 6.07) is 18.5. The summed E-state index contributed by atoms with van der Waals surface area (Å²) in [5, 5.41) is 7.24. The summed E-state index contributed by atoms with van der Waals surface area (Å²) in [6.45, 7) is 6.49. The van der Waals surface area contributed by atoms with Crippen molar-refractivity contribution in [2.75, 3.05) is 24.5 Å².